The Bertz CT molecular complexity index is 796. The molecule has 170 valence electrons. The van der Waals surface area contributed by atoms with Crippen LogP contribution in [0.2, 0.25) is 0 Å². The minimum Gasteiger partial charge on any atom is -0.496 e. The monoisotopic (exact) mass is 429 g/mol. The lowest BCUT2D eigenvalue weighted by Crippen LogP contribution is -2.33. The molecule has 6 nitrogen and oxygen atoms in total. The van der Waals surface area contributed by atoms with Crippen LogP contribution in [0.5, 0.6) is 11.5 Å². The second kappa shape index (κ2) is 11.0. The van der Waals surface area contributed by atoms with Gasteiger partial charge in [-0.25, -0.2) is 4.79 Å². The Morgan fingerprint density at radius 3 is 1.87 bits per heavy atom. The predicted octanol–water partition coefficient (Wildman–Crippen LogP) is 5.02. The van der Waals surface area contributed by atoms with Gasteiger partial charge < -0.3 is 24.6 Å². The third kappa shape index (κ3) is 6.89. The van der Waals surface area contributed by atoms with Gasteiger partial charge in [-0.2, -0.15) is 0 Å². The Morgan fingerprint density at radius 2 is 1.39 bits per heavy atom. The van der Waals surface area contributed by atoms with Gasteiger partial charge in [-0.15, -0.1) is 0 Å². The number of hydrogen-bond acceptors (Lipinski definition) is 5. The molecule has 0 heterocycles. The van der Waals surface area contributed by atoms with E-state index in [9.17, 15) is 9.90 Å². The molecule has 2 N–H and O–H groups in total. The first-order chi connectivity index (χ1) is 14.7. The Kier molecular flexibility index (Phi) is 8.75. The van der Waals surface area contributed by atoms with Crippen LogP contribution in [0.25, 0.3) is 0 Å². The topological polar surface area (TPSA) is 77.0 Å². The molecular weight excluding hydrogens is 394 g/mol. The smallest absolute Gasteiger partial charge is 0.407 e. The second-order valence-corrected chi connectivity index (χ2v) is 8.50. The maximum atomic E-state index is 11.9. The molecule has 1 amide bonds. The number of nitrogens with one attached hydrogen (secondary N) is 1. The average molecular weight is 430 g/mol. The van der Waals surface area contributed by atoms with Gasteiger partial charge in [0.15, 0.2) is 0 Å². The highest BCUT2D eigenvalue weighted by molar-refractivity contribution is 5.67. The molecular formula is C25H35NO5. The normalized spacial score (nSPS) is 11.7. The molecule has 2 aromatic carbocycles. The van der Waals surface area contributed by atoms with Gasteiger partial charge in [-0.1, -0.05) is 42.8 Å². The van der Waals surface area contributed by atoms with Crippen LogP contribution in [-0.4, -0.2) is 37.6 Å². The lowest BCUT2D eigenvalue weighted by atomic mass is 9.81. The number of ether oxygens (including phenoxy) is 3. The fourth-order valence-corrected chi connectivity index (χ4v) is 3.57. The molecule has 0 unspecified atom stereocenters. The van der Waals surface area contributed by atoms with E-state index in [1.165, 1.54) is 0 Å². The highest BCUT2D eigenvalue weighted by Gasteiger charge is 2.36. The number of amides is 1. The zero-order valence-electron chi connectivity index (χ0n) is 19.2. The largest absolute Gasteiger partial charge is 0.496 e. The quantitative estimate of drug-likeness (QED) is 0.518. The van der Waals surface area contributed by atoms with Crippen molar-refractivity contribution in [1.82, 2.24) is 5.32 Å². The summed E-state index contributed by atoms with van der Waals surface area (Å²) in [7, 11) is 3.20. The standard InChI is InChI=1S/C25H35NO5/c1-24(2,3)31-23(27)26-18-12-6-11-17-25(28,19-13-7-9-15-21(19)29-4)20-14-8-10-16-22(20)30-5/h7-10,13-16,28H,6,11-12,17-18H2,1-5H3,(H,26,27). The third-order valence-corrected chi connectivity index (χ3v) is 4.99. The maximum Gasteiger partial charge on any atom is 0.407 e. The number of alkyl carbamates (subject to hydrolysis) is 1. The van der Waals surface area contributed by atoms with Crippen molar-refractivity contribution < 1.29 is 24.1 Å². The molecule has 0 atom stereocenters. The van der Waals surface area contributed by atoms with E-state index in [4.69, 9.17) is 14.2 Å². The number of rotatable bonds is 10. The van der Waals surface area contributed by atoms with Crippen LogP contribution in [0.1, 0.15) is 57.6 Å². The minimum atomic E-state index is -1.27. The Balaban J connectivity index is 2.09. The van der Waals surface area contributed by atoms with Gasteiger partial charge in [0.05, 0.1) is 14.2 Å². The van der Waals surface area contributed by atoms with Crippen LogP contribution in [0.3, 0.4) is 0 Å². The fourth-order valence-electron chi connectivity index (χ4n) is 3.57. The number of carbonyl (C=O) groups excluding carboxylic acids is 1. The first-order valence-electron chi connectivity index (χ1n) is 10.7. The molecule has 0 aliphatic heterocycles. The number of carbonyl (C=O) groups is 1. The van der Waals surface area contributed by atoms with Crippen molar-refractivity contribution in [3.8, 4) is 11.5 Å². The van der Waals surface area contributed by atoms with Crippen LogP contribution in [-0.2, 0) is 10.3 Å². The van der Waals surface area contributed by atoms with Crippen molar-refractivity contribution >= 4 is 6.09 Å². The number of methoxy groups -OCH3 is 2. The molecule has 0 aromatic heterocycles. The lowest BCUT2D eigenvalue weighted by Gasteiger charge is -2.32. The molecule has 0 bridgehead atoms. The number of unbranched alkanes of at least 4 members (excludes halogenated alkanes) is 2. The van der Waals surface area contributed by atoms with Crippen molar-refractivity contribution in [1.29, 1.82) is 0 Å². The summed E-state index contributed by atoms with van der Waals surface area (Å²) in [4.78, 5) is 11.8. The van der Waals surface area contributed by atoms with E-state index in [2.05, 4.69) is 5.32 Å². The van der Waals surface area contributed by atoms with Crippen LogP contribution in [0.4, 0.5) is 4.79 Å². The lowest BCUT2D eigenvalue weighted by molar-refractivity contribution is 0.0521. The molecule has 2 aromatic rings. The second-order valence-electron chi connectivity index (χ2n) is 8.50. The Morgan fingerprint density at radius 1 is 0.871 bits per heavy atom. The van der Waals surface area contributed by atoms with E-state index >= 15 is 0 Å². The van der Waals surface area contributed by atoms with E-state index in [1.807, 2.05) is 69.3 Å². The first-order valence-corrected chi connectivity index (χ1v) is 10.7. The van der Waals surface area contributed by atoms with Gasteiger partial charge >= 0.3 is 6.09 Å². The third-order valence-electron chi connectivity index (χ3n) is 4.99. The highest BCUT2D eigenvalue weighted by Crippen LogP contribution is 2.43. The van der Waals surface area contributed by atoms with Crippen LogP contribution >= 0.6 is 0 Å². The van der Waals surface area contributed by atoms with Gasteiger partial charge in [0, 0.05) is 17.7 Å². The van der Waals surface area contributed by atoms with Crippen molar-refractivity contribution in [3.05, 3.63) is 59.7 Å². The minimum absolute atomic E-state index is 0.410. The summed E-state index contributed by atoms with van der Waals surface area (Å²) < 4.78 is 16.3. The summed E-state index contributed by atoms with van der Waals surface area (Å²) in [5.74, 6) is 1.25. The number of hydrogen-bond donors (Lipinski definition) is 2. The summed E-state index contributed by atoms with van der Waals surface area (Å²) >= 11 is 0. The number of para-hydroxylation sites is 2. The highest BCUT2D eigenvalue weighted by atomic mass is 16.6. The van der Waals surface area contributed by atoms with Gasteiger partial charge in [0.2, 0.25) is 0 Å². The summed E-state index contributed by atoms with van der Waals surface area (Å²) in [6.45, 7) is 6.03. The molecule has 0 aliphatic carbocycles. The molecule has 0 saturated carbocycles. The molecule has 2 rings (SSSR count). The predicted molar refractivity (Wildman–Crippen MR) is 122 cm³/mol. The van der Waals surface area contributed by atoms with Gasteiger partial charge in [0.25, 0.3) is 0 Å². The Labute approximate surface area is 185 Å². The van der Waals surface area contributed by atoms with Gasteiger partial charge in [-0.3, -0.25) is 0 Å². The summed E-state index contributed by atoms with van der Waals surface area (Å²) in [5, 5.41) is 14.7. The van der Waals surface area contributed by atoms with Gasteiger partial charge in [0.1, 0.15) is 22.7 Å². The molecule has 0 radical (unpaired) electrons. The molecule has 6 heteroatoms. The summed E-state index contributed by atoms with van der Waals surface area (Å²) in [6, 6.07) is 15.0. The van der Waals surface area contributed by atoms with Crippen molar-refractivity contribution in [2.24, 2.45) is 0 Å². The van der Waals surface area contributed by atoms with E-state index in [-0.39, 0.29) is 0 Å². The van der Waals surface area contributed by atoms with Crippen molar-refractivity contribution in [2.45, 2.75) is 57.7 Å². The van der Waals surface area contributed by atoms with E-state index in [0.29, 0.717) is 35.6 Å². The molecule has 0 spiro atoms. The van der Waals surface area contributed by atoms with E-state index < -0.39 is 17.3 Å². The Hall–Kier alpha value is -2.73. The van der Waals surface area contributed by atoms with Crippen molar-refractivity contribution in [2.75, 3.05) is 20.8 Å². The van der Waals surface area contributed by atoms with Crippen molar-refractivity contribution in [3.63, 3.8) is 0 Å². The summed E-state index contributed by atoms with van der Waals surface area (Å²) in [6.07, 6.45) is 2.45. The summed E-state index contributed by atoms with van der Waals surface area (Å²) in [5.41, 5.74) is -0.371. The fraction of sp³-hybridized carbons (Fsp3) is 0.480. The SMILES string of the molecule is COc1ccccc1C(O)(CCCCCNC(=O)OC(C)(C)C)c1ccccc1OC. The molecule has 31 heavy (non-hydrogen) atoms. The zero-order chi connectivity index (χ0) is 22.9. The van der Waals surface area contributed by atoms with Crippen LogP contribution in [0.15, 0.2) is 48.5 Å². The van der Waals surface area contributed by atoms with E-state index in [1.54, 1.807) is 14.2 Å². The maximum absolute atomic E-state index is 11.9. The van der Waals surface area contributed by atoms with E-state index in [0.717, 1.165) is 19.3 Å². The van der Waals surface area contributed by atoms with Crippen LogP contribution < -0.4 is 14.8 Å². The molecule has 0 fully saturated rings. The number of aliphatic hydroxyl groups is 1. The molecule has 0 saturated heterocycles. The average Bonchev–Trinajstić information content (AvgIpc) is 2.74. The number of benzene rings is 2. The van der Waals surface area contributed by atoms with Crippen LogP contribution in [0, 0.1) is 0 Å². The zero-order valence-corrected chi connectivity index (χ0v) is 19.2. The molecule has 0 aliphatic rings. The first kappa shape index (κ1) is 24.5. The van der Waals surface area contributed by atoms with Gasteiger partial charge in [-0.05, 0) is 52.2 Å².